The van der Waals surface area contributed by atoms with E-state index in [9.17, 15) is 10.1 Å². The lowest BCUT2D eigenvalue weighted by atomic mass is 9.81. The lowest BCUT2D eigenvalue weighted by molar-refractivity contribution is -0.140. The summed E-state index contributed by atoms with van der Waals surface area (Å²) in [5.41, 5.74) is 3.30. The molecule has 1 fully saturated rings. The van der Waals surface area contributed by atoms with Crippen molar-refractivity contribution in [1.29, 1.82) is 5.26 Å². The number of carbonyl (C=O) groups is 1. The fourth-order valence-corrected chi connectivity index (χ4v) is 4.07. The summed E-state index contributed by atoms with van der Waals surface area (Å²) in [6, 6.07) is 15.6. The Kier molecular flexibility index (Phi) is 8.31. The standard InChI is InChI=1S/C28H31NO2/c1-3-5-6-22-7-9-23(10-8-22)13-14-24-17-18-27(19-26(24)20-29)31-28(30)25-15-11-21(4-2)12-16-25/h7-10,17-19,21,25H,3-6,11-12,15-16H2,1-2H3. The first kappa shape index (κ1) is 22.6. The van der Waals surface area contributed by atoms with E-state index in [2.05, 4.69) is 43.9 Å². The molecule has 0 aliphatic heterocycles. The topological polar surface area (TPSA) is 50.1 Å². The number of aryl methyl sites for hydroxylation is 1. The van der Waals surface area contributed by atoms with Crippen LogP contribution in [-0.2, 0) is 11.2 Å². The molecule has 31 heavy (non-hydrogen) atoms. The number of carbonyl (C=O) groups excluding carboxylic acids is 1. The number of esters is 1. The lowest BCUT2D eigenvalue weighted by Crippen LogP contribution is -2.25. The highest BCUT2D eigenvalue weighted by molar-refractivity contribution is 5.75. The van der Waals surface area contributed by atoms with Gasteiger partial charge in [-0.05, 0) is 80.3 Å². The van der Waals surface area contributed by atoms with Crippen molar-refractivity contribution in [2.24, 2.45) is 11.8 Å². The summed E-state index contributed by atoms with van der Waals surface area (Å²) < 4.78 is 5.59. The van der Waals surface area contributed by atoms with Crippen molar-refractivity contribution >= 4 is 5.97 Å². The number of unbranched alkanes of at least 4 members (excludes halogenated alkanes) is 1. The van der Waals surface area contributed by atoms with Gasteiger partial charge < -0.3 is 4.74 Å². The molecule has 1 aliphatic rings. The summed E-state index contributed by atoms with van der Waals surface area (Å²) in [7, 11) is 0. The van der Waals surface area contributed by atoms with Crippen molar-refractivity contribution in [3.63, 3.8) is 0 Å². The van der Waals surface area contributed by atoms with E-state index >= 15 is 0 Å². The van der Waals surface area contributed by atoms with E-state index < -0.39 is 0 Å². The first-order chi connectivity index (χ1) is 15.1. The number of benzene rings is 2. The van der Waals surface area contributed by atoms with Crippen LogP contribution in [0.15, 0.2) is 42.5 Å². The van der Waals surface area contributed by atoms with Gasteiger partial charge in [0.25, 0.3) is 0 Å². The van der Waals surface area contributed by atoms with Crippen LogP contribution >= 0.6 is 0 Å². The number of rotatable bonds is 6. The molecule has 0 saturated heterocycles. The molecule has 2 aromatic rings. The fourth-order valence-electron chi connectivity index (χ4n) is 4.07. The Labute approximate surface area is 186 Å². The molecule has 0 atom stereocenters. The molecule has 3 nitrogen and oxygen atoms in total. The Balaban J connectivity index is 1.65. The first-order valence-corrected chi connectivity index (χ1v) is 11.5. The molecule has 2 aromatic carbocycles. The maximum atomic E-state index is 12.5. The van der Waals surface area contributed by atoms with Crippen LogP contribution < -0.4 is 4.74 Å². The monoisotopic (exact) mass is 413 g/mol. The van der Waals surface area contributed by atoms with E-state index in [4.69, 9.17) is 4.74 Å². The van der Waals surface area contributed by atoms with Gasteiger partial charge in [-0.2, -0.15) is 5.26 Å². The zero-order valence-corrected chi connectivity index (χ0v) is 18.6. The van der Waals surface area contributed by atoms with Gasteiger partial charge in [0.15, 0.2) is 0 Å². The van der Waals surface area contributed by atoms with Crippen molar-refractivity contribution in [3.8, 4) is 23.7 Å². The third-order valence-electron chi connectivity index (χ3n) is 6.20. The predicted molar refractivity (Wildman–Crippen MR) is 124 cm³/mol. The van der Waals surface area contributed by atoms with Gasteiger partial charge in [-0.1, -0.05) is 50.7 Å². The Morgan fingerprint density at radius 2 is 1.74 bits per heavy atom. The SMILES string of the molecule is CCCCc1ccc(C#Cc2ccc(OC(=O)C3CCC(CC)CC3)cc2C#N)cc1. The van der Waals surface area contributed by atoms with Gasteiger partial charge in [-0.15, -0.1) is 0 Å². The molecule has 0 N–H and O–H groups in total. The first-order valence-electron chi connectivity index (χ1n) is 11.5. The number of nitriles is 1. The van der Waals surface area contributed by atoms with E-state index in [0.29, 0.717) is 16.9 Å². The summed E-state index contributed by atoms with van der Waals surface area (Å²) in [5, 5.41) is 9.54. The van der Waals surface area contributed by atoms with Crippen LogP contribution in [0.2, 0.25) is 0 Å². The van der Waals surface area contributed by atoms with Gasteiger partial charge in [0, 0.05) is 11.1 Å². The van der Waals surface area contributed by atoms with E-state index in [1.807, 2.05) is 12.1 Å². The van der Waals surface area contributed by atoms with Crippen molar-refractivity contribution < 1.29 is 9.53 Å². The van der Waals surface area contributed by atoms with Crippen LogP contribution in [0.5, 0.6) is 5.75 Å². The highest BCUT2D eigenvalue weighted by Crippen LogP contribution is 2.31. The molecule has 1 saturated carbocycles. The smallest absolute Gasteiger partial charge is 0.314 e. The second-order valence-electron chi connectivity index (χ2n) is 8.42. The van der Waals surface area contributed by atoms with Crippen LogP contribution in [0.1, 0.15) is 81.0 Å². The average Bonchev–Trinajstić information content (AvgIpc) is 2.82. The Morgan fingerprint density at radius 1 is 1.00 bits per heavy atom. The van der Waals surface area contributed by atoms with E-state index in [-0.39, 0.29) is 11.9 Å². The molecule has 0 heterocycles. The summed E-state index contributed by atoms with van der Waals surface area (Å²) in [6.07, 6.45) is 8.60. The van der Waals surface area contributed by atoms with Crippen molar-refractivity contribution in [2.45, 2.75) is 65.2 Å². The van der Waals surface area contributed by atoms with E-state index in [0.717, 1.165) is 43.6 Å². The van der Waals surface area contributed by atoms with E-state index in [1.54, 1.807) is 18.2 Å². The van der Waals surface area contributed by atoms with Gasteiger partial charge in [0.2, 0.25) is 0 Å². The van der Waals surface area contributed by atoms with Crippen LogP contribution in [0.25, 0.3) is 0 Å². The summed E-state index contributed by atoms with van der Waals surface area (Å²) in [4.78, 5) is 12.5. The summed E-state index contributed by atoms with van der Waals surface area (Å²) >= 11 is 0. The molecule has 3 heteroatoms. The fraction of sp³-hybridized carbons (Fsp3) is 0.429. The second-order valence-corrected chi connectivity index (χ2v) is 8.42. The predicted octanol–water partition coefficient (Wildman–Crippen LogP) is 6.42. The molecule has 0 unspecified atom stereocenters. The minimum atomic E-state index is -0.180. The third kappa shape index (κ3) is 6.47. The van der Waals surface area contributed by atoms with Gasteiger partial charge in [0.05, 0.1) is 11.5 Å². The zero-order valence-electron chi connectivity index (χ0n) is 18.6. The van der Waals surface area contributed by atoms with Crippen LogP contribution in [-0.4, -0.2) is 5.97 Å². The Bertz CT molecular complexity index is 980. The van der Waals surface area contributed by atoms with Gasteiger partial charge in [0.1, 0.15) is 11.8 Å². The normalized spacial score (nSPS) is 17.8. The van der Waals surface area contributed by atoms with Crippen LogP contribution in [0.3, 0.4) is 0 Å². The number of nitrogens with zero attached hydrogens (tertiary/aromatic N) is 1. The molecule has 0 radical (unpaired) electrons. The van der Waals surface area contributed by atoms with E-state index in [1.165, 1.54) is 24.8 Å². The molecular weight excluding hydrogens is 382 g/mol. The number of hydrogen-bond acceptors (Lipinski definition) is 3. The summed E-state index contributed by atoms with van der Waals surface area (Å²) in [6.45, 7) is 4.40. The lowest BCUT2D eigenvalue weighted by Gasteiger charge is -2.26. The molecule has 160 valence electrons. The zero-order chi connectivity index (χ0) is 22.1. The van der Waals surface area contributed by atoms with Crippen LogP contribution in [0.4, 0.5) is 0 Å². The maximum Gasteiger partial charge on any atom is 0.314 e. The van der Waals surface area contributed by atoms with Gasteiger partial charge in [-0.25, -0.2) is 0 Å². The quantitative estimate of drug-likeness (QED) is 0.312. The third-order valence-corrected chi connectivity index (χ3v) is 6.20. The van der Waals surface area contributed by atoms with Crippen molar-refractivity contribution in [2.75, 3.05) is 0 Å². The van der Waals surface area contributed by atoms with Crippen molar-refractivity contribution in [1.82, 2.24) is 0 Å². The molecule has 0 bridgehead atoms. The summed E-state index contributed by atoms with van der Waals surface area (Å²) in [5.74, 6) is 7.16. The van der Waals surface area contributed by atoms with Gasteiger partial charge in [-0.3, -0.25) is 4.79 Å². The molecular formula is C28H31NO2. The van der Waals surface area contributed by atoms with Crippen molar-refractivity contribution in [3.05, 3.63) is 64.7 Å². The number of hydrogen-bond donors (Lipinski definition) is 0. The van der Waals surface area contributed by atoms with Gasteiger partial charge >= 0.3 is 5.97 Å². The molecule has 0 amide bonds. The van der Waals surface area contributed by atoms with Crippen LogP contribution in [0, 0.1) is 35.0 Å². The molecule has 0 spiro atoms. The Morgan fingerprint density at radius 3 is 2.39 bits per heavy atom. The maximum absolute atomic E-state index is 12.5. The minimum absolute atomic E-state index is 0.0342. The highest BCUT2D eigenvalue weighted by Gasteiger charge is 2.27. The second kappa shape index (κ2) is 11.4. The average molecular weight is 414 g/mol. The minimum Gasteiger partial charge on any atom is -0.426 e. The Hall–Kier alpha value is -3.04. The molecule has 1 aliphatic carbocycles. The molecule has 0 aromatic heterocycles. The highest BCUT2D eigenvalue weighted by atomic mass is 16.5. The number of ether oxygens (including phenoxy) is 1. The largest absolute Gasteiger partial charge is 0.426 e. The molecule has 3 rings (SSSR count).